The Kier molecular flexibility index (Phi) is 4.38. The van der Waals surface area contributed by atoms with E-state index in [1.165, 1.54) is 0 Å². The molecule has 0 spiro atoms. The molecule has 1 unspecified atom stereocenters. The SMILES string of the molecule is O=C1CC(CNc2nc(Cl)nc3c(F)c(Br)c(Cl)cc23)CN1. The minimum atomic E-state index is -0.590. The summed E-state index contributed by atoms with van der Waals surface area (Å²) in [6, 6.07) is 1.57. The molecule has 9 heteroatoms. The smallest absolute Gasteiger partial charge is 0.225 e. The molecule has 1 aromatic heterocycles. The highest BCUT2D eigenvalue weighted by Crippen LogP contribution is 2.34. The third kappa shape index (κ3) is 2.98. The lowest BCUT2D eigenvalue weighted by Gasteiger charge is -2.13. The Balaban J connectivity index is 1.96. The molecule has 1 aliphatic rings. The number of amides is 1. The van der Waals surface area contributed by atoms with Gasteiger partial charge in [0.05, 0.1) is 9.50 Å². The van der Waals surface area contributed by atoms with E-state index < -0.39 is 5.82 Å². The van der Waals surface area contributed by atoms with Crippen molar-refractivity contribution in [3.63, 3.8) is 0 Å². The fraction of sp³-hybridized carbons (Fsp3) is 0.308. The van der Waals surface area contributed by atoms with Gasteiger partial charge in [0, 0.05) is 30.8 Å². The van der Waals surface area contributed by atoms with E-state index in [9.17, 15) is 9.18 Å². The van der Waals surface area contributed by atoms with Crippen molar-refractivity contribution in [2.75, 3.05) is 18.4 Å². The maximum Gasteiger partial charge on any atom is 0.225 e. The van der Waals surface area contributed by atoms with Crippen molar-refractivity contribution in [2.24, 2.45) is 5.92 Å². The molecule has 1 aromatic carbocycles. The molecular formula is C13H10BrCl2FN4O. The van der Waals surface area contributed by atoms with Crippen LogP contribution in [0.5, 0.6) is 0 Å². The topological polar surface area (TPSA) is 66.9 Å². The standard InChI is InChI=1S/C13H10BrCl2FN4O/c14-9-7(15)2-6-11(10(9)17)20-13(16)21-12(6)19-4-5-1-8(22)18-3-5/h2,5H,1,3-4H2,(H,18,22)(H,19,20,21). The van der Waals surface area contributed by atoms with Crippen LogP contribution in [0.25, 0.3) is 10.9 Å². The van der Waals surface area contributed by atoms with Crippen molar-refractivity contribution in [1.82, 2.24) is 15.3 Å². The maximum atomic E-state index is 14.2. The molecule has 2 N–H and O–H groups in total. The molecule has 116 valence electrons. The molecule has 3 rings (SSSR count). The number of nitrogens with one attached hydrogen (secondary N) is 2. The molecule has 1 saturated heterocycles. The molecule has 0 bridgehead atoms. The highest BCUT2D eigenvalue weighted by Gasteiger charge is 2.22. The summed E-state index contributed by atoms with van der Waals surface area (Å²) in [5, 5.41) is 6.44. The third-order valence-corrected chi connectivity index (χ3v) is 4.89. The molecule has 1 amide bonds. The van der Waals surface area contributed by atoms with Gasteiger partial charge in [-0.05, 0) is 33.6 Å². The molecular weight excluding hydrogens is 398 g/mol. The second-order valence-electron chi connectivity index (χ2n) is 4.98. The Hall–Kier alpha value is -1.18. The highest BCUT2D eigenvalue weighted by molar-refractivity contribution is 9.10. The molecule has 1 fully saturated rings. The van der Waals surface area contributed by atoms with Crippen molar-refractivity contribution in [3.8, 4) is 0 Å². The van der Waals surface area contributed by atoms with E-state index in [1.54, 1.807) is 6.07 Å². The van der Waals surface area contributed by atoms with Gasteiger partial charge in [-0.25, -0.2) is 14.4 Å². The van der Waals surface area contributed by atoms with Crippen molar-refractivity contribution in [1.29, 1.82) is 0 Å². The van der Waals surface area contributed by atoms with E-state index in [1.807, 2.05) is 0 Å². The van der Waals surface area contributed by atoms with Crippen LogP contribution in [0.1, 0.15) is 6.42 Å². The number of aromatic nitrogens is 2. The van der Waals surface area contributed by atoms with E-state index in [0.29, 0.717) is 30.7 Å². The summed E-state index contributed by atoms with van der Waals surface area (Å²) >= 11 is 14.9. The van der Waals surface area contributed by atoms with E-state index >= 15 is 0 Å². The molecule has 22 heavy (non-hydrogen) atoms. The first-order valence-corrected chi connectivity index (χ1v) is 8.02. The lowest BCUT2D eigenvalue weighted by atomic mass is 10.1. The normalized spacial score (nSPS) is 17.8. The summed E-state index contributed by atoms with van der Waals surface area (Å²) < 4.78 is 14.4. The summed E-state index contributed by atoms with van der Waals surface area (Å²) in [5.74, 6) is -0.0299. The predicted octanol–water partition coefficient (Wildman–Crippen LogP) is 3.39. The molecule has 0 aliphatic carbocycles. The van der Waals surface area contributed by atoms with E-state index in [2.05, 4.69) is 36.5 Å². The largest absolute Gasteiger partial charge is 0.369 e. The van der Waals surface area contributed by atoms with Crippen molar-refractivity contribution < 1.29 is 9.18 Å². The van der Waals surface area contributed by atoms with Gasteiger partial charge < -0.3 is 10.6 Å². The van der Waals surface area contributed by atoms with Crippen LogP contribution in [0.15, 0.2) is 10.5 Å². The van der Waals surface area contributed by atoms with Gasteiger partial charge in [-0.2, -0.15) is 0 Å². The number of carbonyl (C=O) groups is 1. The molecule has 0 saturated carbocycles. The van der Waals surface area contributed by atoms with Crippen LogP contribution >= 0.6 is 39.1 Å². The Morgan fingerprint density at radius 3 is 2.91 bits per heavy atom. The van der Waals surface area contributed by atoms with Crippen LogP contribution < -0.4 is 10.6 Å². The Labute approximate surface area is 143 Å². The molecule has 1 atom stereocenters. The predicted molar refractivity (Wildman–Crippen MR) is 86.8 cm³/mol. The second kappa shape index (κ2) is 6.14. The van der Waals surface area contributed by atoms with Crippen LogP contribution in [0, 0.1) is 11.7 Å². The van der Waals surface area contributed by atoms with E-state index in [-0.39, 0.29) is 32.1 Å². The van der Waals surface area contributed by atoms with Gasteiger partial charge >= 0.3 is 0 Å². The fourth-order valence-corrected chi connectivity index (χ4v) is 2.99. The first-order valence-electron chi connectivity index (χ1n) is 6.47. The highest BCUT2D eigenvalue weighted by atomic mass is 79.9. The number of nitrogens with zero attached hydrogens (tertiary/aromatic N) is 2. The van der Waals surface area contributed by atoms with Crippen molar-refractivity contribution >= 4 is 61.8 Å². The maximum absolute atomic E-state index is 14.2. The molecule has 1 aliphatic heterocycles. The lowest BCUT2D eigenvalue weighted by molar-refractivity contribution is -0.119. The van der Waals surface area contributed by atoms with Crippen LogP contribution in [0.2, 0.25) is 10.3 Å². The van der Waals surface area contributed by atoms with Gasteiger partial charge in [0.1, 0.15) is 11.3 Å². The number of rotatable bonds is 3. The van der Waals surface area contributed by atoms with Gasteiger partial charge in [0.25, 0.3) is 0 Å². The number of benzene rings is 1. The summed E-state index contributed by atoms with van der Waals surface area (Å²) in [4.78, 5) is 19.2. The first-order chi connectivity index (χ1) is 10.5. The zero-order valence-corrected chi connectivity index (χ0v) is 14.2. The second-order valence-corrected chi connectivity index (χ2v) is 6.52. The molecule has 5 nitrogen and oxygen atoms in total. The number of hydrogen-bond acceptors (Lipinski definition) is 4. The van der Waals surface area contributed by atoms with Crippen molar-refractivity contribution in [3.05, 3.63) is 26.7 Å². The number of anilines is 1. The quantitative estimate of drug-likeness (QED) is 0.604. The number of halogens is 4. The number of fused-ring (bicyclic) bond motifs is 1. The minimum Gasteiger partial charge on any atom is -0.369 e. The first kappa shape index (κ1) is 15.7. The molecule has 0 radical (unpaired) electrons. The number of carbonyl (C=O) groups excluding carboxylic acids is 1. The zero-order chi connectivity index (χ0) is 15.9. The Morgan fingerprint density at radius 1 is 1.45 bits per heavy atom. The van der Waals surface area contributed by atoms with Gasteiger partial charge in [-0.1, -0.05) is 11.6 Å². The number of hydrogen-bond donors (Lipinski definition) is 2. The van der Waals surface area contributed by atoms with Crippen LogP contribution in [-0.2, 0) is 4.79 Å². The van der Waals surface area contributed by atoms with E-state index in [0.717, 1.165) is 0 Å². The minimum absolute atomic E-state index is 0.0235. The summed E-state index contributed by atoms with van der Waals surface area (Å²) in [5.41, 5.74) is 0.0828. The van der Waals surface area contributed by atoms with E-state index in [4.69, 9.17) is 23.2 Å². The van der Waals surface area contributed by atoms with Crippen LogP contribution in [-0.4, -0.2) is 29.0 Å². The Morgan fingerprint density at radius 2 is 2.23 bits per heavy atom. The van der Waals surface area contributed by atoms with Crippen LogP contribution in [0.4, 0.5) is 10.2 Å². The Bertz CT molecular complexity index is 774. The van der Waals surface area contributed by atoms with Gasteiger partial charge in [0.15, 0.2) is 5.82 Å². The summed E-state index contributed by atoms with van der Waals surface area (Å²) in [7, 11) is 0. The third-order valence-electron chi connectivity index (χ3n) is 3.42. The average Bonchev–Trinajstić information content (AvgIpc) is 2.89. The summed E-state index contributed by atoms with van der Waals surface area (Å²) in [6.07, 6.45) is 0.449. The summed E-state index contributed by atoms with van der Waals surface area (Å²) in [6.45, 7) is 1.11. The molecule has 2 heterocycles. The molecule has 2 aromatic rings. The van der Waals surface area contributed by atoms with Gasteiger partial charge in [0.2, 0.25) is 11.2 Å². The van der Waals surface area contributed by atoms with Gasteiger partial charge in [-0.3, -0.25) is 4.79 Å². The lowest BCUT2D eigenvalue weighted by Crippen LogP contribution is -2.18. The van der Waals surface area contributed by atoms with Crippen molar-refractivity contribution in [2.45, 2.75) is 6.42 Å². The van der Waals surface area contributed by atoms with Gasteiger partial charge in [-0.15, -0.1) is 0 Å². The average molecular weight is 408 g/mol. The fourth-order valence-electron chi connectivity index (χ4n) is 2.33. The monoisotopic (exact) mass is 406 g/mol. The van der Waals surface area contributed by atoms with Crippen LogP contribution in [0.3, 0.4) is 0 Å². The zero-order valence-electron chi connectivity index (χ0n) is 11.1.